The van der Waals surface area contributed by atoms with E-state index in [0.29, 0.717) is 0 Å². The number of benzene rings is 1. The van der Waals surface area contributed by atoms with Gasteiger partial charge in [-0.05, 0) is 30.5 Å². The van der Waals surface area contributed by atoms with Gasteiger partial charge in [0.05, 0.1) is 0 Å². The van der Waals surface area contributed by atoms with Gasteiger partial charge < -0.3 is 11.1 Å². The molecule has 1 unspecified atom stereocenters. The Kier molecular flexibility index (Phi) is 3.32. The van der Waals surface area contributed by atoms with Gasteiger partial charge in [-0.25, -0.2) is 0 Å². The predicted molar refractivity (Wildman–Crippen MR) is 57.9 cm³/mol. The molecule has 1 aromatic carbocycles. The minimum Gasteiger partial charge on any atom is -0.388 e. The lowest BCUT2D eigenvalue weighted by molar-refractivity contribution is 0.695. The van der Waals surface area contributed by atoms with Crippen molar-refractivity contribution in [3.8, 4) is 0 Å². The fourth-order valence-corrected chi connectivity index (χ4v) is 1.59. The van der Waals surface area contributed by atoms with Crippen molar-refractivity contribution in [3.05, 3.63) is 29.3 Å². The number of anilines is 1. The van der Waals surface area contributed by atoms with Crippen molar-refractivity contribution >= 4 is 5.69 Å². The first-order valence-corrected chi connectivity index (χ1v) is 4.73. The summed E-state index contributed by atoms with van der Waals surface area (Å²) < 4.78 is 0. The van der Waals surface area contributed by atoms with E-state index in [-0.39, 0.29) is 6.04 Å². The molecule has 72 valence electrons. The molecule has 1 rings (SSSR count). The van der Waals surface area contributed by atoms with E-state index in [4.69, 9.17) is 5.73 Å². The van der Waals surface area contributed by atoms with Gasteiger partial charge in [0.15, 0.2) is 0 Å². The molecule has 2 heteroatoms. The Hall–Kier alpha value is -1.02. The Labute approximate surface area is 80.1 Å². The SMILES string of the molecule is CCC(N)c1c(C)cccc1NC. The smallest absolute Gasteiger partial charge is 0.0388 e. The molecule has 0 saturated heterocycles. The van der Waals surface area contributed by atoms with Gasteiger partial charge in [-0.3, -0.25) is 0 Å². The van der Waals surface area contributed by atoms with Crippen LogP contribution < -0.4 is 11.1 Å². The fourth-order valence-electron chi connectivity index (χ4n) is 1.59. The molecular formula is C11H18N2. The van der Waals surface area contributed by atoms with Gasteiger partial charge in [0.2, 0.25) is 0 Å². The molecule has 13 heavy (non-hydrogen) atoms. The Morgan fingerprint density at radius 2 is 2.15 bits per heavy atom. The molecule has 0 saturated carbocycles. The second-order valence-corrected chi connectivity index (χ2v) is 3.30. The van der Waals surface area contributed by atoms with Crippen LogP contribution in [-0.4, -0.2) is 7.05 Å². The van der Waals surface area contributed by atoms with Gasteiger partial charge in [0.25, 0.3) is 0 Å². The third kappa shape index (κ3) is 2.01. The van der Waals surface area contributed by atoms with Crippen LogP contribution in [0.5, 0.6) is 0 Å². The Bertz CT molecular complexity index is 281. The summed E-state index contributed by atoms with van der Waals surface area (Å²) in [7, 11) is 1.93. The maximum absolute atomic E-state index is 6.03. The monoisotopic (exact) mass is 178 g/mol. The van der Waals surface area contributed by atoms with Crippen LogP contribution in [0, 0.1) is 6.92 Å². The second kappa shape index (κ2) is 4.28. The molecule has 0 radical (unpaired) electrons. The van der Waals surface area contributed by atoms with Gasteiger partial charge in [-0.15, -0.1) is 0 Å². The number of aryl methyl sites for hydroxylation is 1. The summed E-state index contributed by atoms with van der Waals surface area (Å²) in [5.74, 6) is 0. The lowest BCUT2D eigenvalue weighted by Crippen LogP contribution is -2.12. The lowest BCUT2D eigenvalue weighted by atomic mass is 9.98. The molecule has 0 fully saturated rings. The van der Waals surface area contributed by atoms with Crippen LogP contribution in [0.15, 0.2) is 18.2 Å². The minimum atomic E-state index is 0.142. The zero-order valence-corrected chi connectivity index (χ0v) is 8.59. The Morgan fingerprint density at radius 3 is 2.69 bits per heavy atom. The number of hydrogen-bond donors (Lipinski definition) is 2. The highest BCUT2D eigenvalue weighted by Crippen LogP contribution is 2.26. The number of hydrogen-bond acceptors (Lipinski definition) is 2. The maximum Gasteiger partial charge on any atom is 0.0388 e. The minimum absolute atomic E-state index is 0.142. The predicted octanol–water partition coefficient (Wildman–Crippen LogP) is 2.45. The standard InChI is InChI=1S/C11H18N2/c1-4-9(12)11-8(2)6-5-7-10(11)13-3/h5-7,9,13H,4,12H2,1-3H3. The van der Waals surface area contributed by atoms with Crippen LogP contribution in [0.3, 0.4) is 0 Å². The highest BCUT2D eigenvalue weighted by atomic mass is 14.8. The molecule has 0 heterocycles. The van der Waals surface area contributed by atoms with Gasteiger partial charge in [-0.1, -0.05) is 19.1 Å². The largest absolute Gasteiger partial charge is 0.388 e. The first-order valence-electron chi connectivity index (χ1n) is 4.73. The summed E-state index contributed by atoms with van der Waals surface area (Å²) in [6.45, 7) is 4.21. The van der Waals surface area contributed by atoms with Gasteiger partial charge in [-0.2, -0.15) is 0 Å². The average Bonchev–Trinajstić information content (AvgIpc) is 2.16. The third-order valence-electron chi connectivity index (χ3n) is 2.40. The van der Waals surface area contributed by atoms with Crippen LogP contribution in [0.1, 0.15) is 30.5 Å². The van der Waals surface area contributed by atoms with E-state index in [2.05, 4.69) is 31.3 Å². The molecule has 2 nitrogen and oxygen atoms in total. The lowest BCUT2D eigenvalue weighted by Gasteiger charge is -2.17. The summed E-state index contributed by atoms with van der Waals surface area (Å²) >= 11 is 0. The molecule has 0 aliphatic heterocycles. The van der Waals surface area contributed by atoms with Crippen molar-refractivity contribution in [2.75, 3.05) is 12.4 Å². The average molecular weight is 178 g/mol. The van der Waals surface area contributed by atoms with Gasteiger partial charge in [0, 0.05) is 18.8 Å². The van der Waals surface area contributed by atoms with Crippen molar-refractivity contribution in [2.24, 2.45) is 5.73 Å². The summed E-state index contributed by atoms with van der Waals surface area (Å²) in [5, 5.41) is 3.17. The zero-order chi connectivity index (χ0) is 9.84. The molecule has 0 bridgehead atoms. The first-order chi connectivity index (χ1) is 6.20. The fraction of sp³-hybridized carbons (Fsp3) is 0.455. The highest BCUT2D eigenvalue weighted by Gasteiger charge is 2.10. The van der Waals surface area contributed by atoms with Crippen LogP contribution in [-0.2, 0) is 0 Å². The van der Waals surface area contributed by atoms with Crippen LogP contribution in [0.25, 0.3) is 0 Å². The second-order valence-electron chi connectivity index (χ2n) is 3.30. The molecule has 3 N–H and O–H groups in total. The summed E-state index contributed by atoms with van der Waals surface area (Å²) in [6.07, 6.45) is 0.972. The molecule has 0 aliphatic rings. The van der Waals surface area contributed by atoms with Crippen LogP contribution in [0.2, 0.25) is 0 Å². The van der Waals surface area contributed by atoms with Crippen molar-refractivity contribution in [3.63, 3.8) is 0 Å². The van der Waals surface area contributed by atoms with E-state index in [0.717, 1.165) is 12.1 Å². The molecule has 0 aromatic heterocycles. The molecule has 1 atom stereocenters. The van der Waals surface area contributed by atoms with Gasteiger partial charge >= 0.3 is 0 Å². The molecular weight excluding hydrogens is 160 g/mol. The topological polar surface area (TPSA) is 38.0 Å². The quantitative estimate of drug-likeness (QED) is 0.746. The van der Waals surface area contributed by atoms with Crippen LogP contribution in [0.4, 0.5) is 5.69 Å². The van der Waals surface area contributed by atoms with Gasteiger partial charge in [0.1, 0.15) is 0 Å². The van der Waals surface area contributed by atoms with E-state index in [1.165, 1.54) is 11.1 Å². The summed E-state index contributed by atoms with van der Waals surface area (Å²) in [6, 6.07) is 6.36. The van der Waals surface area contributed by atoms with E-state index in [1.807, 2.05) is 13.1 Å². The first kappa shape index (κ1) is 10.1. The zero-order valence-electron chi connectivity index (χ0n) is 8.59. The highest BCUT2D eigenvalue weighted by molar-refractivity contribution is 5.55. The van der Waals surface area contributed by atoms with E-state index >= 15 is 0 Å². The molecule has 0 amide bonds. The van der Waals surface area contributed by atoms with Crippen molar-refractivity contribution < 1.29 is 0 Å². The van der Waals surface area contributed by atoms with Crippen molar-refractivity contribution in [2.45, 2.75) is 26.3 Å². The maximum atomic E-state index is 6.03. The normalized spacial score (nSPS) is 12.6. The van der Waals surface area contributed by atoms with E-state index in [9.17, 15) is 0 Å². The van der Waals surface area contributed by atoms with E-state index < -0.39 is 0 Å². The molecule has 1 aromatic rings. The third-order valence-corrected chi connectivity index (χ3v) is 2.40. The Balaban J connectivity index is 3.14. The van der Waals surface area contributed by atoms with Crippen molar-refractivity contribution in [1.29, 1.82) is 0 Å². The number of nitrogens with one attached hydrogen (secondary N) is 1. The Morgan fingerprint density at radius 1 is 1.46 bits per heavy atom. The number of nitrogens with two attached hydrogens (primary N) is 1. The summed E-state index contributed by atoms with van der Waals surface area (Å²) in [5.41, 5.74) is 9.69. The van der Waals surface area contributed by atoms with E-state index in [1.54, 1.807) is 0 Å². The number of rotatable bonds is 3. The summed E-state index contributed by atoms with van der Waals surface area (Å²) in [4.78, 5) is 0. The molecule has 0 aliphatic carbocycles. The van der Waals surface area contributed by atoms with Crippen LogP contribution >= 0.6 is 0 Å². The van der Waals surface area contributed by atoms with Crippen molar-refractivity contribution in [1.82, 2.24) is 0 Å². The molecule has 0 spiro atoms.